The Kier molecular flexibility index (Phi) is 4.92. The number of rotatable bonds is 5. The Morgan fingerprint density at radius 1 is 1.33 bits per heavy atom. The topological polar surface area (TPSA) is 119 Å². The lowest BCUT2D eigenvalue weighted by molar-refractivity contribution is -0.385. The number of anilines is 2. The van der Waals surface area contributed by atoms with E-state index in [1.807, 2.05) is 0 Å². The summed E-state index contributed by atoms with van der Waals surface area (Å²) in [6.07, 6.45) is 6.44. The molecule has 0 bridgehead atoms. The molecule has 0 aliphatic carbocycles. The average molecular weight is 421 g/mol. The molecule has 2 aromatic heterocycles. The minimum absolute atomic E-state index is 0.0865. The summed E-state index contributed by atoms with van der Waals surface area (Å²) in [5.74, 6) is 0.0865. The molecule has 0 spiro atoms. The molecule has 148 valence electrons. The maximum absolute atomic E-state index is 11.4. The number of hydrogen-bond acceptors (Lipinski definition) is 7. The van der Waals surface area contributed by atoms with Crippen molar-refractivity contribution in [2.45, 2.75) is 0 Å². The SMILES string of the molecule is COc1cc2ncc(C#N)c(Nc3ccc(-n4ccnc4)c(Cl)c3)c2cc1[N+](=O)[O-]. The van der Waals surface area contributed by atoms with Crippen molar-refractivity contribution in [3.63, 3.8) is 0 Å². The van der Waals surface area contributed by atoms with E-state index in [1.54, 1.807) is 41.5 Å². The van der Waals surface area contributed by atoms with Gasteiger partial charge in [0.05, 0.1) is 45.8 Å². The van der Waals surface area contributed by atoms with Crippen molar-refractivity contribution in [3.05, 3.63) is 76.0 Å². The zero-order chi connectivity index (χ0) is 21.3. The molecule has 0 aliphatic heterocycles. The lowest BCUT2D eigenvalue weighted by Gasteiger charge is -2.14. The van der Waals surface area contributed by atoms with Crippen LogP contribution in [0.2, 0.25) is 5.02 Å². The highest BCUT2D eigenvalue weighted by atomic mass is 35.5. The van der Waals surface area contributed by atoms with E-state index in [-0.39, 0.29) is 17.0 Å². The van der Waals surface area contributed by atoms with Crippen LogP contribution < -0.4 is 10.1 Å². The highest BCUT2D eigenvalue weighted by Crippen LogP contribution is 2.37. The second-order valence-electron chi connectivity index (χ2n) is 6.22. The van der Waals surface area contributed by atoms with Crippen molar-refractivity contribution >= 4 is 39.6 Å². The summed E-state index contributed by atoms with van der Waals surface area (Å²) >= 11 is 6.41. The van der Waals surface area contributed by atoms with E-state index < -0.39 is 4.92 Å². The molecule has 0 atom stereocenters. The maximum atomic E-state index is 11.4. The van der Waals surface area contributed by atoms with Crippen molar-refractivity contribution in [2.75, 3.05) is 12.4 Å². The number of fused-ring (bicyclic) bond motifs is 1. The Labute approximate surface area is 175 Å². The Morgan fingerprint density at radius 3 is 2.80 bits per heavy atom. The third-order valence-electron chi connectivity index (χ3n) is 4.49. The third-order valence-corrected chi connectivity index (χ3v) is 4.79. The summed E-state index contributed by atoms with van der Waals surface area (Å²) in [6.45, 7) is 0. The molecule has 10 heteroatoms. The highest BCUT2D eigenvalue weighted by Gasteiger charge is 2.20. The average Bonchev–Trinajstić information content (AvgIpc) is 3.27. The first kappa shape index (κ1) is 19.2. The van der Waals surface area contributed by atoms with E-state index in [0.29, 0.717) is 27.3 Å². The maximum Gasteiger partial charge on any atom is 0.311 e. The minimum atomic E-state index is -0.544. The van der Waals surface area contributed by atoms with Crippen molar-refractivity contribution in [2.24, 2.45) is 0 Å². The van der Waals surface area contributed by atoms with Gasteiger partial charge >= 0.3 is 5.69 Å². The van der Waals surface area contributed by atoms with Gasteiger partial charge in [-0.05, 0) is 18.2 Å². The molecule has 0 unspecified atom stereocenters. The van der Waals surface area contributed by atoms with Gasteiger partial charge in [-0.15, -0.1) is 0 Å². The fraction of sp³-hybridized carbons (Fsp3) is 0.0500. The molecule has 0 amide bonds. The van der Waals surface area contributed by atoms with E-state index in [9.17, 15) is 15.4 Å². The Hall–Kier alpha value is -4.16. The molecule has 0 radical (unpaired) electrons. The van der Waals surface area contributed by atoms with Crippen LogP contribution in [-0.4, -0.2) is 26.6 Å². The predicted octanol–water partition coefficient (Wildman–Crippen LogP) is 4.61. The van der Waals surface area contributed by atoms with Gasteiger partial charge in [0, 0.05) is 41.8 Å². The number of nitriles is 1. The van der Waals surface area contributed by atoms with Gasteiger partial charge in [0.25, 0.3) is 0 Å². The van der Waals surface area contributed by atoms with Crippen LogP contribution in [0.3, 0.4) is 0 Å². The van der Waals surface area contributed by atoms with Crippen LogP contribution in [0, 0.1) is 21.4 Å². The van der Waals surface area contributed by atoms with Crippen LogP contribution in [0.15, 0.2) is 55.2 Å². The standard InChI is InChI=1S/C20H13ClN6O3/c1-30-19-8-16-14(7-18(19)27(28)29)20(12(9-22)10-24-16)25-13-2-3-17(15(21)6-13)26-5-4-23-11-26/h2-8,10-11H,1H3,(H,24,25). The number of nitro benzene ring substituents is 1. The zero-order valence-corrected chi connectivity index (χ0v) is 16.3. The number of nitrogens with one attached hydrogen (secondary N) is 1. The smallest absolute Gasteiger partial charge is 0.311 e. The largest absolute Gasteiger partial charge is 0.490 e. The van der Waals surface area contributed by atoms with Crippen LogP contribution in [0.5, 0.6) is 5.75 Å². The molecular weight excluding hydrogens is 408 g/mol. The molecule has 2 heterocycles. The number of imidazole rings is 1. The number of hydrogen-bond donors (Lipinski definition) is 1. The van der Waals surface area contributed by atoms with Crippen molar-refractivity contribution in [1.29, 1.82) is 5.26 Å². The van der Waals surface area contributed by atoms with Crippen LogP contribution in [-0.2, 0) is 0 Å². The number of halogens is 1. The van der Waals surface area contributed by atoms with E-state index >= 15 is 0 Å². The third kappa shape index (κ3) is 3.36. The number of nitro groups is 1. The first-order valence-electron chi connectivity index (χ1n) is 8.62. The van der Waals surface area contributed by atoms with E-state index in [1.165, 1.54) is 25.4 Å². The lowest BCUT2D eigenvalue weighted by atomic mass is 10.1. The Bertz CT molecular complexity index is 1310. The second kappa shape index (κ2) is 7.69. The minimum Gasteiger partial charge on any atom is -0.490 e. The molecular formula is C20H13ClN6O3. The summed E-state index contributed by atoms with van der Waals surface area (Å²) in [5.41, 5.74) is 2.18. The van der Waals surface area contributed by atoms with Crippen LogP contribution >= 0.6 is 11.6 Å². The Morgan fingerprint density at radius 2 is 2.17 bits per heavy atom. The molecule has 2 aromatic carbocycles. The van der Waals surface area contributed by atoms with Gasteiger partial charge in [0.15, 0.2) is 5.75 Å². The fourth-order valence-electron chi connectivity index (χ4n) is 3.07. The van der Waals surface area contributed by atoms with Gasteiger partial charge in [-0.3, -0.25) is 15.1 Å². The van der Waals surface area contributed by atoms with Crippen molar-refractivity contribution < 1.29 is 9.66 Å². The van der Waals surface area contributed by atoms with Gasteiger partial charge in [0.2, 0.25) is 0 Å². The van der Waals surface area contributed by atoms with Crippen molar-refractivity contribution in [3.8, 4) is 17.5 Å². The number of nitrogens with zero attached hydrogens (tertiary/aromatic N) is 5. The number of benzene rings is 2. The summed E-state index contributed by atoms with van der Waals surface area (Å²) in [7, 11) is 1.35. The first-order chi connectivity index (χ1) is 14.5. The van der Waals surface area contributed by atoms with E-state index in [0.717, 1.165) is 5.69 Å². The molecule has 4 rings (SSSR count). The summed E-state index contributed by atoms with van der Waals surface area (Å²) in [6, 6.07) is 10.1. The Balaban J connectivity index is 1.83. The first-order valence-corrected chi connectivity index (χ1v) is 8.99. The predicted molar refractivity (Wildman–Crippen MR) is 112 cm³/mol. The van der Waals surface area contributed by atoms with E-state index in [2.05, 4.69) is 21.4 Å². The summed E-state index contributed by atoms with van der Waals surface area (Å²) < 4.78 is 6.87. The number of ether oxygens (including phenoxy) is 1. The number of aromatic nitrogens is 3. The second-order valence-corrected chi connectivity index (χ2v) is 6.63. The number of methoxy groups -OCH3 is 1. The van der Waals surface area contributed by atoms with Gasteiger partial charge in [-0.25, -0.2) is 4.98 Å². The number of pyridine rings is 1. The molecule has 0 fully saturated rings. The monoisotopic (exact) mass is 420 g/mol. The quantitative estimate of drug-likeness (QED) is 0.370. The molecule has 9 nitrogen and oxygen atoms in total. The molecule has 0 saturated carbocycles. The van der Waals surface area contributed by atoms with Crippen LogP contribution in [0.25, 0.3) is 16.6 Å². The van der Waals surface area contributed by atoms with Crippen molar-refractivity contribution in [1.82, 2.24) is 14.5 Å². The molecule has 0 saturated heterocycles. The lowest BCUT2D eigenvalue weighted by Crippen LogP contribution is -2.00. The van der Waals surface area contributed by atoms with Crippen LogP contribution in [0.4, 0.5) is 17.1 Å². The molecule has 4 aromatic rings. The van der Waals surface area contributed by atoms with Gasteiger partial charge < -0.3 is 14.6 Å². The summed E-state index contributed by atoms with van der Waals surface area (Å²) in [4.78, 5) is 19.1. The normalized spacial score (nSPS) is 10.6. The molecule has 30 heavy (non-hydrogen) atoms. The summed E-state index contributed by atoms with van der Waals surface area (Å²) in [5, 5.41) is 25.0. The van der Waals surface area contributed by atoms with Crippen LogP contribution in [0.1, 0.15) is 5.56 Å². The van der Waals surface area contributed by atoms with Gasteiger partial charge in [0.1, 0.15) is 6.07 Å². The molecule has 0 aliphatic rings. The van der Waals surface area contributed by atoms with E-state index in [4.69, 9.17) is 16.3 Å². The fourth-order valence-corrected chi connectivity index (χ4v) is 3.35. The zero-order valence-electron chi connectivity index (χ0n) is 15.5. The van der Waals surface area contributed by atoms with Gasteiger partial charge in [-0.2, -0.15) is 5.26 Å². The molecule has 1 N–H and O–H groups in total. The highest BCUT2D eigenvalue weighted by molar-refractivity contribution is 6.32. The van der Waals surface area contributed by atoms with Gasteiger partial charge in [-0.1, -0.05) is 11.6 Å².